The van der Waals surface area contributed by atoms with Gasteiger partial charge in [-0.2, -0.15) is 0 Å². The third-order valence-corrected chi connectivity index (χ3v) is 6.00. The molecule has 4 heteroatoms. The van der Waals surface area contributed by atoms with E-state index in [9.17, 15) is 0 Å². The van der Waals surface area contributed by atoms with E-state index in [1.807, 2.05) is 0 Å². The van der Waals surface area contributed by atoms with Gasteiger partial charge in [0.15, 0.2) is 0 Å². The van der Waals surface area contributed by atoms with E-state index >= 15 is 0 Å². The quantitative estimate of drug-likeness (QED) is 0.0959. The molecule has 0 aromatic heterocycles. The van der Waals surface area contributed by atoms with Crippen molar-refractivity contribution in [3.05, 3.63) is 0 Å². The lowest BCUT2D eigenvalue weighted by Crippen LogP contribution is -2.47. The number of hydrogen-bond acceptors (Lipinski definition) is 4. The third-order valence-electron chi connectivity index (χ3n) is 6.00. The lowest BCUT2D eigenvalue weighted by Gasteiger charge is -2.40. The lowest BCUT2D eigenvalue weighted by atomic mass is 9.92. The van der Waals surface area contributed by atoms with Gasteiger partial charge in [0.05, 0.1) is 19.8 Å². The van der Waals surface area contributed by atoms with E-state index in [0.29, 0.717) is 19.8 Å². The molecule has 0 aliphatic carbocycles. The molecule has 0 saturated heterocycles. The van der Waals surface area contributed by atoms with Crippen molar-refractivity contribution in [2.75, 3.05) is 33.0 Å². The van der Waals surface area contributed by atoms with Crippen molar-refractivity contribution in [3.63, 3.8) is 0 Å². The SMILES string of the molecule is CCCCCCCCC(CCCOCCC)C(OCCCC)(OCCCC)OCCCC. The minimum absolute atomic E-state index is 0.254. The third kappa shape index (κ3) is 16.5. The number of unbranched alkanes of at least 4 members (excludes halogenated alkanes) is 8. The van der Waals surface area contributed by atoms with Crippen molar-refractivity contribution >= 4 is 0 Å². The van der Waals surface area contributed by atoms with Crippen LogP contribution in [0.25, 0.3) is 0 Å². The van der Waals surface area contributed by atoms with Crippen LogP contribution in [0, 0.1) is 5.92 Å². The highest BCUT2D eigenvalue weighted by Gasteiger charge is 2.42. The van der Waals surface area contributed by atoms with Gasteiger partial charge in [-0.3, -0.25) is 0 Å². The van der Waals surface area contributed by atoms with Crippen LogP contribution in [0.2, 0.25) is 0 Å². The highest BCUT2D eigenvalue weighted by Crippen LogP contribution is 2.35. The van der Waals surface area contributed by atoms with E-state index < -0.39 is 5.97 Å². The Hall–Kier alpha value is -0.160. The molecule has 32 heavy (non-hydrogen) atoms. The Morgan fingerprint density at radius 2 is 0.906 bits per heavy atom. The minimum atomic E-state index is -0.895. The zero-order chi connectivity index (χ0) is 23.8. The van der Waals surface area contributed by atoms with Crippen LogP contribution >= 0.6 is 0 Å². The van der Waals surface area contributed by atoms with E-state index in [0.717, 1.165) is 77.4 Å². The van der Waals surface area contributed by atoms with Crippen LogP contribution in [0.4, 0.5) is 0 Å². The van der Waals surface area contributed by atoms with Crippen molar-refractivity contribution in [2.45, 2.75) is 143 Å². The maximum atomic E-state index is 6.51. The average Bonchev–Trinajstić information content (AvgIpc) is 2.80. The monoisotopic (exact) mass is 458 g/mol. The van der Waals surface area contributed by atoms with Gasteiger partial charge in [-0.1, -0.05) is 92.4 Å². The Morgan fingerprint density at radius 3 is 1.41 bits per heavy atom. The topological polar surface area (TPSA) is 36.9 Å². The zero-order valence-electron chi connectivity index (χ0n) is 22.6. The first-order valence-electron chi connectivity index (χ1n) is 14.2. The van der Waals surface area contributed by atoms with Gasteiger partial charge in [-0.05, 0) is 44.9 Å². The summed E-state index contributed by atoms with van der Waals surface area (Å²) in [6.07, 6.45) is 18.6. The van der Waals surface area contributed by atoms with Gasteiger partial charge < -0.3 is 18.9 Å². The van der Waals surface area contributed by atoms with Gasteiger partial charge in [0, 0.05) is 19.1 Å². The Balaban J connectivity index is 5.29. The van der Waals surface area contributed by atoms with Gasteiger partial charge in [-0.15, -0.1) is 0 Å². The van der Waals surface area contributed by atoms with Gasteiger partial charge >= 0.3 is 0 Å². The average molecular weight is 459 g/mol. The summed E-state index contributed by atoms with van der Waals surface area (Å²) >= 11 is 0. The van der Waals surface area contributed by atoms with Gasteiger partial charge in [0.25, 0.3) is 5.97 Å². The molecule has 0 saturated carbocycles. The minimum Gasteiger partial charge on any atom is -0.381 e. The smallest absolute Gasteiger partial charge is 0.285 e. The highest BCUT2D eigenvalue weighted by atomic mass is 16.9. The van der Waals surface area contributed by atoms with Gasteiger partial charge in [0.2, 0.25) is 0 Å². The first-order valence-corrected chi connectivity index (χ1v) is 14.2. The molecule has 0 aliphatic heterocycles. The molecule has 0 radical (unpaired) electrons. The lowest BCUT2D eigenvalue weighted by molar-refractivity contribution is -0.407. The fraction of sp³-hybridized carbons (Fsp3) is 1.00. The predicted molar refractivity (Wildman–Crippen MR) is 137 cm³/mol. The standard InChI is InChI=1S/C28H58O4/c1-6-11-15-16-17-18-20-27(21-19-23-29-22-10-5)28(30-24-12-7-2,31-25-13-8-3)32-26-14-9-4/h27H,6-26H2,1-5H3. The molecule has 0 aromatic rings. The summed E-state index contributed by atoms with van der Waals surface area (Å²) in [5.41, 5.74) is 0. The number of ether oxygens (including phenoxy) is 4. The van der Waals surface area contributed by atoms with E-state index in [-0.39, 0.29) is 5.92 Å². The van der Waals surface area contributed by atoms with Crippen molar-refractivity contribution in [3.8, 4) is 0 Å². The van der Waals surface area contributed by atoms with Crippen LogP contribution in [0.1, 0.15) is 137 Å². The summed E-state index contributed by atoms with van der Waals surface area (Å²) in [6.45, 7) is 14.8. The normalized spacial score (nSPS) is 13.0. The fourth-order valence-corrected chi connectivity index (χ4v) is 3.90. The van der Waals surface area contributed by atoms with Crippen LogP contribution in [-0.4, -0.2) is 39.0 Å². The van der Waals surface area contributed by atoms with Crippen LogP contribution in [-0.2, 0) is 18.9 Å². The van der Waals surface area contributed by atoms with Crippen LogP contribution in [0.15, 0.2) is 0 Å². The first kappa shape index (κ1) is 31.8. The molecule has 0 aliphatic rings. The molecular formula is C28H58O4. The van der Waals surface area contributed by atoms with Crippen LogP contribution < -0.4 is 0 Å². The molecule has 0 fully saturated rings. The van der Waals surface area contributed by atoms with Crippen molar-refractivity contribution < 1.29 is 18.9 Å². The number of hydrogen-bond donors (Lipinski definition) is 0. The summed E-state index contributed by atoms with van der Waals surface area (Å²) in [6, 6.07) is 0. The Labute approximate surface area is 201 Å². The molecule has 0 heterocycles. The van der Waals surface area contributed by atoms with Gasteiger partial charge in [0.1, 0.15) is 0 Å². The Morgan fingerprint density at radius 1 is 0.438 bits per heavy atom. The molecule has 0 rings (SSSR count). The van der Waals surface area contributed by atoms with E-state index in [4.69, 9.17) is 18.9 Å². The molecule has 4 nitrogen and oxygen atoms in total. The summed E-state index contributed by atoms with van der Waals surface area (Å²) in [4.78, 5) is 0. The molecule has 1 atom stereocenters. The van der Waals surface area contributed by atoms with Crippen molar-refractivity contribution in [1.29, 1.82) is 0 Å². The molecule has 0 spiro atoms. The van der Waals surface area contributed by atoms with Crippen LogP contribution in [0.5, 0.6) is 0 Å². The molecule has 0 aromatic carbocycles. The molecule has 194 valence electrons. The van der Waals surface area contributed by atoms with E-state index in [2.05, 4.69) is 34.6 Å². The van der Waals surface area contributed by atoms with E-state index in [1.54, 1.807) is 0 Å². The summed E-state index contributed by atoms with van der Waals surface area (Å²) in [5.74, 6) is -0.641. The van der Waals surface area contributed by atoms with Gasteiger partial charge in [-0.25, -0.2) is 0 Å². The Kier molecular flexibility index (Phi) is 23.9. The Bertz CT molecular complexity index is 335. The highest BCUT2D eigenvalue weighted by molar-refractivity contribution is 4.74. The molecule has 1 unspecified atom stereocenters. The predicted octanol–water partition coefficient (Wildman–Crippen LogP) is 8.66. The first-order chi connectivity index (χ1) is 15.7. The largest absolute Gasteiger partial charge is 0.381 e. The van der Waals surface area contributed by atoms with Crippen molar-refractivity contribution in [1.82, 2.24) is 0 Å². The molecule has 0 amide bonds. The second kappa shape index (κ2) is 24.0. The number of rotatable bonds is 26. The molecular weight excluding hydrogens is 400 g/mol. The summed E-state index contributed by atoms with van der Waals surface area (Å²) < 4.78 is 25.3. The summed E-state index contributed by atoms with van der Waals surface area (Å²) in [5, 5.41) is 0. The van der Waals surface area contributed by atoms with E-state index in [1.165, 1.54) is 38.5 Å². The second-order valence-electron chi connectivity index (χ2n) is 9.22. The fourth-order valence-electron chi connectivity index (χ4n) is 3.90. The summed E-state index contributed by atoms with van der Waals surface area (Å²) in [7, 11) is 0. The second-order valence-corrected chi connectivity index (χ2v) is 9.22. The maximum absolute atomic E-state index is 6.51. The van der Waals surface area contributed by atoms with Crippen LogP contribution in [0.3, 0.4) is 0 Å². The maximum Gasteiger partial charge on any atom is 0.285 e. The molecule has 0 bridgehead atoms. The zero-order valence-corrected chi connectivity index (χ0v) is 22.6. The van der Waals surface area contributed by atoms with Crippen molar-refractivity contribution in [2.24, 2.45) is 5.92 Å². The molecule has 0 N–H and O–H groups in total.